The standard InChI is InChI=1S/C25H16ClNO2/c26-22-14-18(11-10-17-6-2-1-3-7-17)25-24-21(22)12-13-23(28)27(24)15-19-8-4-5-9-20(19)16-29-25/h1-9,12-14H,15-16H2. The molecule has 3 nitrogen and oxygen atoms in total. The average molecular weight is 398 g/mol. The van der Waals surface area contributed by atoms with E-state index in [1.807, 2.05) is 60.7 Å². The monoisotopic (exact) mass is 397 g/mol. The van der Waals surface area contributed by atoms with E-state index in [4.69, 9.17) is 16.3 Å². The van der Waals surface area contributed by atoms with Crippen molar-refractivity contribution in [2.75, 3.05) is 0 Å². The van der Waals surface area contributed by atoms with Crippen molar-refractivity contribution in [3.05, 3.63) is 110 Å². The van der Waals surface area contributed by atoms with E-state index < -0.39 is 0 Å². The molecule has 0 bridgehead atoms. The van der Waals surface area contributed by atoms with E-state index >= 15 is 0 Å². The summed E-state index contributed by atoms with van der Waals surface area (Å²) in [7, 11) is 0. The zero-order chi connectivity index (χ0) is 19.8. The first-order chi connectivity index (χ1) is 14.2. The lowest BCUT2D eigenvalue weighted by Gasteiger charge is -2.22. The number of nitrogens with zero attached hydrogens (tertiary/aromatic N) is 1. The molecule has 3 aromatic carbocycles. The van der Waals surface area contributed by atoms with E-state index in [1.165, 1.54) is 0 Å². The van der Waals surface area contributed by atoms with Crippen LogP contribution in [0.15, 0.2) is 77.6 Å². The second kappa shape index (κ2) is 7.16. The highest BCUT2D eigenvalue weighted by Crippen LogP contribution is 2.36. The maximum Gasteiger partial charge on any atom is 0.251 e. The lowest BCUT2D eigenvalue weighted by molar-refractivity contribution is 0.303. The summed E-state index contributed by atoms with van der Waals surface area (Å²) in [6.45, 7) is 0.880. The molecular formula is C25H16ClNO2. The molecule has 1 aliphatic heterocycles. The minimum Gasteiger partial charge on any atom is -0.485 e. The Morgan fingerprint density at radius 3 is 2.48 bits per heavy atom. The van der Waals surface area contributed by atoms with E-state index in [9.17, 15) is 4.79 Å². The van der Waals surface area contributed by atoms with Gasteiger partial charge in [-0.15, -0.1) is 0 Å². The fraction of sp³-hybridized carbons (Fsp3) is 0.0800. The van der Waals surface area contributed by atoms with Gasteiger partial charge in [0.1, 0.15) is 6.61 Å². The van der Waals surface area contributed by atoms with Crippen molar-refractivity contribution < 1.29 is 4.74 Å². The topological polar surface area (TPSA) is 31.2 Å². The van der Waals surface area contributed by atoms with Gasteiger partial charge in [0.25, 0.3) is 5.56 Å². The van der Waals surface area contributed by atoms with Gasteiger partial charge in [0, 0.05) is 17.0 Å². The van der Waals surface area contributed by atoms with Gasteiger partial charge in [-0.2, -0.15) is 0 Å². The maximum atomic E-state index is 12.8. The quantitative estimate of drug-likeness (QED) is 0.391. The van der Waals surface area contributed by atoms with E-state index in [2.05, 4.69) is 11.8 Å². The van der Waals surface area contributed by atoms with Crippen molar-refractivity contribution in [1.82, 2.24) is 4.57 Å². The third-order valence-electron chi connectivity index (χ3n) is 5.11. The lowest BCUT2D eigenvalue weighted by Crippen LogP contribution is -2.23. The van der Waals surface area contributed by atoms with Crippen LogP contribution in [0.1, 0.15) is 22.3 Å². The highest BCUT2D eigenvalue weighted by molar-refractivity contribution is 6.35. The van der Waals surface area contributed by atoms with Crippen LogP contribution in [0.2, 0.25) is 5.02 Å². The van der Waals surface area contributed by atoms with E-state index in [1.54, 1.807) is 16.7 Å². The first-order valence-electron chi connectivity index (χ1n) is 9.33. The Morgan fingerprint density at radius 1 is 0.897 bits per heavy atom. The third-order valence-corrected chi connectivity index (χ3v) is 5.42. The van der Waals surface area contributed by atoms with E-state index in [0.717, 1.165) is 22.1 Å². The van der Waals surface area contributed by atoms with Crippen LogP contribution in [0.5, 0.6) is 5.75 Å². The number of pyridine rings is 1. The SMILES string of the molecule is O=c1ccc2c(Cl)cc(C#Cc3ccccc3)c3c2n1Cc1ccccc1CO3. The van der Waals surface area contributed by atoms with Crippen molar-refractivity contribution in [3.63, 3.8) is 0 Å². The fourth-order valence-corrected chi connectivity index (χ4v) is 3.91. The summed E-state index contributed by atoms with van der Waals surface area (Å²) in [5.41, 5.74) is 4.28. The first kappa shape index (κ1) is 17.6. The molecule has 0 unspecified atom stereocenters. The van der Waals surface area contributed by atoms with Gasteiger partial charge in [0.15, 0.2) is 5.75 Å². The highest BCUT2D eigenvalue weighted by Gasteiger charge is 2.20. The molecule has 29 heavy (non-hydrogen) atoms. The molecular weight excluding hydrogens is 382 g/mol. The summed E-state index contributed by atoms with van der Waals surface area (Å²) in [6, 6.07) is 22.9. The van der Waals surface area contributed by atoms with E-state index in [-0.39, 0.29) is 5.56 Å². The average Bonchev–Trinajstić information content (AvgIpc) is 2.73. The number of rotatable bonds is 0. The van der Waals surface area contributed by atoms with Gasteiger partial charge >= 0.3 is 0 Å². The zero-order valence-corrected chi connectivity index (χ0v) is 16.2. The zero-order valence-electron chi connectivity index (χ0n) is 15.5. The number of halogens is 1. The number of fused-ring (bicyclic) bond motifs is 1. The predicted molar refractivity (Wildman–Crippen MR) is 116 cm³/mol. The summed E-state index contributed by atoms with van der Waals surface area (Å²) >= 11 is 6.58. The van der Waals surface area contributed by atoms with Gasteiger partial charge in [0.05, 0.1) is 22.6 Å². The molecule has 0 atom stereocenters. The highest BCUT2D eigenvalue weighted by atomic mass is 35.5. The Bertz CT molecular complexity index is 1360. The summed E-state index contributed by atoms with van der Waals surface area (Å²) in [4.78, 5) is 12.8. The molecule has 0 spiro atoms. The largest absolute Gasteiger partial charge is 0.485 e. The molecule has 0 aliphatic carbocycles. The van der Waals surface area contributed by atoms with Crippen LogP contribution >= 0.6 is 11.6 Å². The van der Waals surface area contributed by atoms with Gasteiger partial charge in [0.2, 0.25) is 0 Å². The van der Waals surface area contributed by atoms with Gasteiger partial charge in [-0.25, -0.2) is 0 Å². The summed E-state index contributed by atoms with van der Waals surface area (Å²) in [5.74, 6) is 6.95. The van der Waals surface area contributed by atoms with Crippen molar-refractivity contribution >= 4 is 22.5 Å². The second-order valence-electron chi connectivity index (χ2n) is 6.93. The van der Waals surface area contributed by atoms with Crippen LogP contribution in [0.25, 0.3) is 10.9 Å². The van der Waals surface area contributed by atoms with Crippen molar-refractivity contribution in [2.45, 2.75) is 13.2 Å². The van der Waals surface area contributed by atoms with Crippen LogP contribution in [0, 0.1) is 11.8 Å². The van der Waals surface area contributed by atoms with Gasteiger partial charge in [-0.3, -0.25) is 4.79 Å². The third kappa shape index (κ3) is 3.18. The van der Waals surface area contributed by atoms with Crippen LogP contribution in [-0.4, -0.2) is 4.57 Å². The van der Waals surface area contributed by atoms with Crippen molar-refractivity contribution in [2.24, 2.45) is 0 Å². The molecule has 1 aliphatic rings. The minimum atomic E-state index is -0.0942. The molecule has 0 N–H and O–H groups in total. The van der Waals surface area contributed by atoms with Gasteiger partial charge in [-0.05, 0) is 35.4 Å². The van der Waals surface area contributed by atoms with Crippen LogP contribution in [0.4, 0.5) is 0 Å². The lowest BCUT2D eigenvalue weighted by atomic mass is 10.0. The summed E-state index contributed by atoms with van der Waals surface area (Å²) in [5, 5.41) is 1.33. The molecule has 0 fully saturated rings. The number of hydrogen-bond acceptors (Lipinski definition) is 2. The number of hydrogen-bond donors (Lipinski definition) is 0. The van der Waals surface area contributed by atoms with Crippen LogP contribution in [0.3, 0.4) is 0 Å². The molecule has 0 saturated heterocycles. The van der Waals surface area contributed by atoms with Gasteiger partial charge in [-0.1, -0.05) is 65.9 Å². The molecule has 0 amide bonds. The Hall–Kier alpha value is -3.48. The number of aromatic nitrogens is 1. The van der Waals surface area contributed by atoms with Crippen molar-refractivity contribution in [3.8, 4) is 17.6 Å². The van der Waals surface area contributed by atoms with E-state index in [0.29, 0.717) is 35.0 Å². The Labute approximate surface area is 173 Å². The van der Waals surface area contributed by atoms with Crippen LogP contribution in [-0.2, 0) is 13.2 Å². The Morgan fingerprint density at radius 2 is 1.66 bits per heavy atom. The summed E-state index contributed by atoms with van der Waals surface area (Å²) < 4.78 is 7.96. The minimum absolute atomic E-state index is 0.0942. The van der Waals surface area contributed by atoms with Crippen molar-refractivity contribution in [1.29, 1.82) is 0 Å². The summed E-state index contributed by atoms with van der Waals surface area (Å²) in [6.07, 6.45) is 0. The maximum absolute atomic E-state index is 12.8. The Kier molecular flexibility index (Phi) is 4.35. The number of ether oxygens (including phenoxy) is 1. The smallest absolute Gasteiger partial charge is 0.251 e. The molecule has 4 aromatic rings. The first-order valence-corrected chi connectivity index (χ1v) is 9.71. The fourth-order valence-electron chi connectivity index (χ4n) is 3.64. The number of benzene rings is 3. The molecule has 2 heterocycles. The molecule has 4 heteroatoms. The van der Waals surface area contributed by atoms with Crippen LogP contribution < -0.4 is 10.3 Å². The molecule has 0 radical (unpaired) electrons. The molecule has 0 saturated carbocycles. The molecule has 1 aromatic heterocycles. The Balaban J connectivity index is 1.78. The normalized spacial score (nSPS) is 12.2. The second-order valence-corrected chi connectivity index (χ2v) is 7.34. The molecule has 5 rings (SSSR count). The predicted octanol–water partition coefficient (Wildman–Crippen LogP) is 5.00. The molecule has 140 valence electrons. The van der Waals surface area contributed by atoms with Gasteiger partial charge < -0.3 is 9.30 Å².